The van der Waals surface area contributed by atoms with Gasteiger partial charge in [0, 0.05) is 6.61 Å². The number of aliphatic hydroxyl groups is 2. The van der Waals surface area contributed by atoms with Crippen molar-refractivity contribution in [3.05, 3.63) is 131 Å². The molecule has 0 unspecified atom stereocenters. The lowest BCUT2D eigenvalue weighted by Gasteiger charge is -2.21. The summed E-state index contributed by atoms with van der Waals surface area (Å²) < 4.78 is 10.5. The molecule has 0 radical (unpaired) electrons. The first-order valence-corrected chi connectivity index (χ1v) is 18.2. The molecule has 0 atom stereocenters. The van der Waals surface area contributed by atoms with Crippen molar-refractivity contribution in [3.63, 3.8) is 0 Å². The van der Waals surface area contributed by atoms with Crippen LogP contribution in [0.15, 0.2) is 114 Å². The van der Waals surface area contributed by atoms with Gasteiger partial charge in [0.2, 0.25) is 0 Å². The number of aromatic hydroxyl groups is 2. The molecule has 4 rings (SSSR count). The first-order valence-electron chi connectivity index (χ1n) is 18.2. The summed E-state index contributed by atoms with van der Waals surface area (Å²) in [6.45, 7) is 10.8. The van der Waals surface area contributed by atoms with E-state index in [4.69, 9.17) is 19.7 Å². The molecule has 0 spiro atoms. The summed E-state index contributed by atoms with van der Waals surface area (Å²) in [5, 5.41) is 35.3. The zero-order valence-corrected chi connectivity index (χ0v) is 31.7. The van der Waals surface area contributed by atoms with Gasteiger partial charge < -0.3 is 29.9 Å². The molecule has 1 aliphatic rings. The maximum atomic E-state index is 11.8. The third kappa shape index (κ3) is 20.9. The molecule has 0 bridgehead atoms. The maximum absolute atomic E-state index is 11.8. The zero-order chi connectivity index (χ0) is 38.6. The fourth-order valence-electron chi connectivity index (χ4n) is 4.99. The monoisotopic (exact) mass is 716 g/mol. The number of ether oxygens (including phenoxy) is 2. The predicted molar refractivity (Wildman–Crippen MR) is 209 cm³/mol. The summed E-state index contributed by atoms with van der Waals surface area (Å²) >= 11 is 0. The Bertz CT molecular complexity index is 1510. The summed E-state index contributed by atoms with van der Waals surface area (Å²) in [5.74, 6) is -1.01. The van der Waals surface area contributed by atoms with Crippen molar-refractivity contribution in [2.24, 2.45) is 0 Å². The molecule has 52 heavy (non-hydrogen) atoms. The van der Waals surface area contributed by atoms with Crippen molar-refractivity contribution in [1.82, 2.24) is 0 Å². The summed E-state index contributed by atoms with van der Waals surface area (Å²) in [4.78, 5) is 23.4. The van der Waals surface area contributed by atoms with E-state index in [0.717, 1.165) is 56.9 Å². The van der Waals surface area contributed by atoms with Crippen molar-refractivity contribution in [2.45, 2.75) is 105 Å². The van der Waals surface area contributed by atoms with Gasteiger partial charge in [-0.25, -0.2) is 9.59 Å². The van der Waals surface area contributed by atoms with Crippen LogP contribution in [0.5, 0.6) is 11.5 Å². The van der Waals surface area contributed by atoms with Gasteiger partial charge in [-0.3, -0.25) is 0 Å². The lowest BCUT2D eigenvalue weighted by molar-refractivity contribution is 0.0208. The van der Waals surface area contributed by atoms with E-state index in [2.05, 4.69) is 39.8 Å². The highest BCUT2D eigenvalue weighted by molar-refractivity contribution is 5.92. The second kappa shape index (κ2) is 28.0. The summed E-state index contributed by atoms with van der Waals surface area (Å²) in [7, 11) is 0. The van der Waals surface area contributed by atoms with Gasteiger partial charge in [-0.1, -0.05) is 96.0 Å². The second-order valence-corrected chi connectivity index (χ2v) is 12.7. The second-order valence-electron chi connectivity index (χ2n) is 12.7. The molecular weight excluding hydrogens is 656 g/mol. The molecule has 0 saturated heterocycles. The molecule has 8 heteroatoms. The normalized spacial score (nSPS) is 12.8. The van der Waals surface area contributed by atoms with Crippen LogP contribution < -0.4 is 0 Å². The number of rotatable bonds is 12. The van der Waals surface area contributed by atoms with Crippen molar-refractivity contribution < 1.29 is 39.5 Å². The fraction of sp³-hybridized carbons (Fsp3) is 0.409. The minimum Gasteiger partial charge on any atom is -0.507 e. The molecule has 0 aromatic heterocycles. The van der Waals surface area contributed by atoms with Crippen LogP contribution in [0.3, 0.4) is 0 Å². The van der Waals surface area contributed by atoms with Gasteiger partial charge in [-0.2, -0.15) is 0 Å². The summed E-state index contributed by atoms with van der Waals surface area (Å²) in [5.41, 5.74) is 5.49. The molecule has 3 aromatic rings. The van der Waals surface area contributed by atoms with Crippen LogP contribution in [-0.4, -0.2) is 51.7 Å². The summed E-state index contributed by atoms with van der Waals surface area (Å²) in [6, 6.07) is 22.2. The van der Waals surface area contributed by atoms with E-state index in [1.807, 2.05) is 36.4 Å². The van der Waals surface area contributed by atoms with Crippen molar-refractivity contribution in [1.29, 1.82) is 0 Å². The Labute approximate surface area is 311 Å². The first kappa shape index (κ1) is 45.4. The van der Waals surface area contributed by atoms with Crippen LogP contribution in [0, 0.1) is 0 Å². The van der Waals surface area contributed by atoms with Crippen LogP contribution in [0.4, 0.5) is 0 Å². The van der Waals surface area contributed by atoms with Crippen LogP contribution >= 0.6 is 0 Å². The maximum Gasteiger partial charge on any atom is 0.342 e. The van der Waals surface area contributed by atoms with Gasteiger partial charge >= 0.3 is 11.9 Å². The third-order valence-corrected chi connectivity index (χ3v) is 7.85. The molecule has 1 saturated carbocycles. The molecular formula is C44H60O8. The number of carbonyl (C=O) groups excluding carboxylic acids is 2. The Balaban J connectivity index is 0.000000375. The van der Waals surface area contributed by atoms with Crippen LogP contribution in [-0.2, 0) is 16.1 Å². The Morgan fingerprint density at radius 1 is 0.673 bits per heavy atom. The molecule has 4 N–H and O–H groups in total. The Morgan fingerprint density at radius 3 is 1.67 bits per heavy atom. The van der Waals surface area contributed by atoms with E-state index in [1.165, 1.54) is 41.3 Å². The van der Waals surface area contributed by atoms with E-state index in [-0.39, 0.29) is 48.6 Å². The van der Waals surface area contributed by atoms with Gasteiger partial charge in [-0.15, -0.1) is 0 Å². The van der Waals surface area contributed by atoms with Crippen molar-refractivity contribution >= 4 is 11.9 Å². The van der Waals surface area contributed by atoms with E-state index >= 15 is 0 Å². The third-order valence-electron chi connectivity index (χ3n) is 7.85. The molecule has 1 fully saturated rings. The Kier molecular flexibility index (Phi) is 24.4. The highest BCUT2D eigenvalue weighted by Gasteiger charge is 2.20. The number of phenolic OH excluding ortho intramolecular Hbond substituents is 2. The number of hydrogen-bond donors (Lipinski definition) is 4. The molecule has 0 amide bonds. The van der Waals surface area contributed by atoms with Crippen LogP contribution in [0.1, 0.15) is 119 Å². The molecule has 3 aromatic carbocycles. The highest BCUT2D eigenvalue weighted by Crippen LogP contribution is 2.24. The number of phenols is 2. The Hall–Kier alpha value is -4.66. The van der Waals surface area contributed by atoms with Crippen molar-refractivity contribution in [2.75, 3.05) is 13.2 Å². The number of hydrogen-bond acceptors (Lipinski definition) is 8. The quantitative estimate of drug-likeness (QED) is 0.108. The molecule has 1 aliphatic carbocycles. The number of aliphatic hydroxyl groups excluding tert-OH is 2. The van der Waals surface area contributed by atoms with E-state index in [1.54, 1.807) is 37.3 Å². The van der Waals surface area contributed by atoms with Crippen LogP contribution in [0.2, 0.25) is 0 Å². The minimum absolute atomic E-state index is 0.0108. The minimum atomic E-state index is -0.521. The molecule has 0 heterocycles. The van der Waals surface area contributed by atoms with E-state index < -0.39 is 11.9 Å². The number of carbonyl (C=O) groups is 2. The van der Waals surface area contributed by atoms with Crippen molar-refractivity contribution in [3.8, 4) is 11.5 Å². The summed E-state index contributed by atoms with van der Waals surface area (Å²) in [6.07, 6.45) is 16.3. The average molecular weight is 717 g/mol. The number of benzene rings is 3. The van der Waals surface area contributed by atoms with E-state index in [9.17, 15) is 19.8 Å². The Morgan fingerprint density at radius 2 is 1.15 bits per heavy atom. The van der Waals surface area contributed by atoms with Gasteiger partial charge in [0.1, 0.15) is 35.3 Å². The van der Waals surface area contributed by atoms with Gasteiger partial charge in [-0.05, 0) is 116 Å². The first-order chi connectivity index (χ1) is 25.0. The molecule has 284 valence electrons. The number of esters is 2. The largest absolute Gasteiger partial charge is 0.507 e. The number of para-hydroxylation sites is 2. The SMILES string of the molecule is CC(C)=CCCC(C)=CCC/C(C)=C/CO.CCO.O=C(OC1CCCCC1)c1ccccc1O.O=C(OCc1ccccc1)c1ccccc1O. The average Bonchev–Trinajstić information content (AvgIpc) is 3.13. The highest BCUT2D eigenvalue weighted by atomic mass is 16.5. The zero-order valence-electron chi connectivity index (χ0n) is 31.7. The number of allylic oxidation sites excluding steroid dienone is 5. The smallest absolute Gasteiger partial charge is 0.342 e. The van der Waals surface area contributed by atoms with Gasteiger partial charge in [0.15, 0.2) is 0 Å². The topological polar surface area (TPSA) is 134 Å². The molecule has 8 nitrogen and oxygen atoms in total. The molecule has 0 aliphatic heterocycles. The van der Waals surface area contributed by atoms with Crippen LogP contribution in [0.25, 0.3) is 0 Å². The fourth-order valence-corrected chi connectivity index (χ4v) is 4.99. The van der Waals surface area contributed by atoms with Gasteiger partial charge in [0.25, 0.3) is 0 Å². The van der Waals surface area contributed by atoms with E-state index in [0.29, 0.717) is 0 Å². The predicted octanol–water partition coefficient (Wildman–Crippen LogP) is 10.0. The standard InChI is InChI=1S/C15H26O.C14H12O3.C13H16O3.C2H6O/c1-13(2)7-5-8-14(3)9-6-10-15(4)11-12-16;15-13-9-5-4-8-12(13)14(16)17-10-11-6-2-1-3-7-11;14-12-9-5-4-8-11(12)13(15)16-10-6-2-1-3-7-10;1-2-3/h7,9,11,16H,5-6,8,10,12H2,1-4H3;1-9,15H,10H2;4-5,8-10,14H,1-3,6-7H2;3H,2H2,1H3/b14-9?,15-11+;;;. The lowest BCUT2D eigenvalue weighted by atomic mass is 9.98. The lowest BCUT2D eigenvalue weighted by Crippen LogP contribution is -2.20. The van der Waals surface area contributed by atoms with Gasteiger partial charge in [0.05, 0.1) is 6.61 Å².